The first kappa shape index (κ1) is 12.6. The van der Waals surface area contributed by atoms with E-state index in [4.69, 9.17) is 0 Å². The Labute approximate surface area is 105 Å². The van der Waals surface area contributed by atoms with Crippen LogP contribution in [0.3, 0.4) is 0 Å². The van der Waals surface area contributed by atoms with Crippen molar-refractivity contribution in [3.05, 3.63) is 35.4 Å². The first-order valence-corrected chi connectivity index (χ1v) is 6.85. The summed E-state index contributed by atoms with van der Waals surface area (Å²) in [5, 5.41) is 10.7. The zero-order chi connectivity index (χ0) is 12.3. The van der Waals surface area contributed by atoms with E-state index in [1.54, 1.807) is 0 Å². The normalized spacial score (nSPS) is 29.9. The lowest BCUT2D eigenvalue weighted by atomic mass is 9.87. The van der Waals surface area contributed by atoms with Crippen molar-refractivity contribution in [3.8, 4) is 0 Å². The molecule has 0 aliphatic heterocycles. The van der Waals surface area contributed by atoms with Crippen LogP contribution in [0.1, 0.15) is 50.2 Å². The molecule has 0 saturated heterocycles. The summed E-state index contributed by atoms with van der Waals surface area (Å²) in [5.41, 5.74) is 2.11. The SMILES string of the molecule is Cc1cccc(CC2(O)CCCC(C)CC2)c1. The standard InChI is InChI=1S/C16H24O/c1-13-6-4-9-16(17,10-8-13)12-15-7-3-5-14(2)11-15/h3,5,7,11,13,17H,4,6,8-10,12H2,1-2H3. The van der Waals surface area contributed by atoms with Gasteiger partial charge in [-0.25, -0.2) is 0 Å². The first-order chi connectivity index (χ1) is 8.07. The van der Waals surface area contributed by atoms with Gasteiger partial charge in [0.25, 0.3) is 0 Å². The lowest BCUT2D eigenvalue weighted by Gasteiger charge is -2.27. The molecule has 94 valence electrons. The molecule has 0 heterocycles. The number of hydrogen-bond acceptors (Lipinski definition) is 1. The van der Waals surface area contributed by atoms with Crippen molar-refractivity contribution in [2.45, 2.75) is 58.0 Å². The average molecular weight is 232 g/mol. The van der Waals surface area contributed by atoms with Crippen molar-refractivity contribution in [2.24, 2.45) is 5.92 Å². The van der Waals surface area contributed by atoms with Gasteiger partial charge >= 0.3 is 0 Å². The van der Waals surface area contributed by atoms with Crippen LogP contribution < -0.4 is 0 Å². The van der Waals surface area contributed by atoms with Crippen molar-refractivity contribution in [2.75, 3.05) is 0 Å². The van der Waals surface area contributed by atoms with Gasteiger partial charge in [-0.1, -0.05) is 49.6 Å². The van der Waals surface area contributed by atoms with Gasteiger partial charge in [0.15, 0.2) is 0 Å². The summed E-state index contributed by atoms with van der Waals surface area (Å²) in [5.74, 6) is 0.779. The Morgan fingerprint density at radius 2 is 2.12 bits per heavy atom. The van der Waals surface area contributed by atoms with Crippen molar-refractivity contribution in [3.63, 3.8) is 0 Å². The second-order valence-electron chi connectivity index (χ2n) is 5.93. The van der Waals surface area contributed by atoms with Crippen molar-refractivity contribution in [1.82, 2.24) is 0 Å². The number of aliphatic hydroxyl groups is 1. The van der Waals surface area contributed by atoms with E-state index < -0.39 is 5.60 Å². The molecule has 0 amide bonds. The molecule has 1 aliphatic rings. The molecule has 17 heavy (non-hydrogen) atoms. The molecular formula is C16H24O. The molecule has 1 heteroatoms. The molecule has 0 radical (unpaired) electrons. The van der Waals surface area contributed by atoms with Crippen LogP contribution in [0.2, 0.25) is 0 Å². The molecule has 1 aromatic rings. The molecule has 1 N–H and O–H groups in total. The summed E-state index contributed by atoms with van der Waals surface area (Å²) < 4.78 is 0. The maximum Gasteiger partial charge on any atom is 0.0688 e. The summed E-state index contributed by atoms with van der Waals surface area (Å²) in [6, 6.07) is 8.54. The molecule has 1 aromatic carbocycles. The zero-order valence-corrected chi connectivity index (χ0v) is 11.1. The van der Waals surface area contributed by atoms with Crippen LogP contribution in [0, 0.1) is 12.8 Å². The summed E-state index contributed by atoms with van der Waals surface area (Å²) in [7, 11) is 0. The maximum absolute atomic E-state index is 10.7. The van der Waals surface area contributed by atoms with Crippen LogP contribution in [-0.4, -0.2) is 10.7 Å². The predicted octanol–water partition coefficient (Wildman–Crippen LogP) is 3.87. The zero-order valence-electron chi connectivity index (χ0n) is 11.1. The summed E-state index contributed by atoms with van der Waals surface area (Å²) in [6.45, 7) is 4.42. The third kappa shape index (κ3) is 3.57. The second kappa shape index (κ2) is 5.22. The molecule has 1 saturated carbocycles. The molecule has 2 unspecified atom stereocenters. The van der Waals surface area contributed by atoms with Gasteiger partial charge < -0.3 is 5.11 Å². The summed E-state index contributed by atoms with van der Waals surface area (Å²) in [6.07, 6.45) is 6.36. The number of hydrogen-bond donors (Lipinski definition) is 1. The van der Waals surface area contributed by atoms with Crippen molar-refractivity contribution < 1.29 is 5.11 Å². The highest BCUT2D eigenvalue weighted by atomic mass is 16.3. The third-order valence-electron chi connectivity index (χ3n) is 4.06. The highest BCUT2D eigenvalue weighted by molar-refractivity contribution is 5.23. The van der Waals surface area contributed by atoms with E-state index in [0.717, 1.165) is 25.2 Å². The topological polar surface area (TPSA) is 20.2 Å². The highest BCUT2D eigenvalue weighted by Crippen LogP contribution is 2.32. The molecular weight excluding hydrogens is 208 g/mol. The monoisotopic (exact) mass is 232 g/mol. The Morgan fingerprint density at radius 1 is 1.29 bits per heavy atom. The van der Waals surface area contributed by atoms with Gasteiger partial charge in [0.2, 0.25) is 0 Å². The Hall–Kier alpha value is -0.820. The van der Waals surface area contributed by atoms with Crippen LogP contribution in [0.4, 0.5) is 0 Å². The molecule has 0 aromatic heterocycles. The largest absolute Gasteiger partial charge is 0.390 e. The quantitative estimate of drug-likeness (QED) is 0.767. The van der Waals surface area contributed by atoms with Gasteiger partial charge in [-0.3, -0.25) is 0 Å². The number of aryl methyl sites for hydroxylation is 1. The minimum absolute atomic E-state index is 0.460. The van der Waals surface area contributed by atoms with E-state index in [-0.39, 0.29) is 0 Å². The van der Waals surface area contributed by atoms with E-state index in [1.165, 1.54) is 30.4 Å². The van der Waals surface area contributed by atoms with E-state index >= 15 is 0 Å². The third-order valence-corrected chi connectivity index (χ3v) is 4.06. The molecule has 1 nitrogen and oxygen atoms in total. The van der Waals surface area contributed by atoms with Crippen LogP contribution in [-0.2, 0) is 6.42 Å². The van der Waals surface area contributed by atoms with Crippen LogP contribution in [0.15, 0.2) is 24.3 Å². The van der Waals surface area contributed by atoms with Gasteiger partial charge in [0.1, 0.15) is 0 Å². The fourth-order valence-electron chi connectivity index (χ4n) is 2.94. The minimum Gasteiger partial charge on any atom is -0.390 e. The first-order valence-electron chi connectivity index (χ1n) is 6.85. The predicted molar refractivity (Wildman–Crippen MR) is 72.1 cm³/mol. The van der Waals surface area contributed by atoms with Gasteiger partial charge in [-0.2, -0.15) is 0 Å². The van der Waals surface area contributed by atoms with Crippen LogP contribution in [0.25, 0.3) is 0 Å². The van der Waals surface area contributed by atoms with Gasteiger partial charge in [-0.15, -0.1) is 0 Å². The maximum atomic E-state index is 10.7. The van der Waals surface area contributed by atoms with Gasteiger partial charge in [0, 0.05) is 6.42 Å². The molecule has 2 atom stereocenters. The lowest BCUT2D eigenvalue weighted by Crippen LogP contribution is -2.30. The smallest absolute Gasteiger partial charge is 0.0688 e. The van der Waals surface area contributed by atoms with Crippen LogP contribution in [0.5, 0.6) is 0 Å². The van der Waals surface area contributed by atoms with Crippen molar-refractivity contribution >= 4 is 0 Å². The number of benzene rings is 1. The second-order valence-corrected chi connectivity index (χ2v) is 5.93. The highest BCUT2D eigenvalue weighted by Gasteiger charge is 2.29. The Bertz CT molecular complexity index is 372. The van der Waals surface area contributed by atoms with Crippen LogP contribution >= 0.6 is 0 Å². The Balaban J connectivity index is 2.06. The molecule has 0 bridgehead atoms. The molecule has 1 aliphatic carbocycles. The number of rotatable bonds is 2. The lowest BCUT2D eigenvalue weighted by molar-refractivity contribution is 0.0244. The summed E-state index contributed by atoms with van der Waals surface area (Å²) in [4.78, 5) is 0. The van der Waals surface area contributed by atoms with E-state index in [1.807, 2.05) is 0 Å². The molecule has 0 spiro atoms. The van der Waals surface area contributed by atoms with E-state index in [0.29, 0.717) is 0 Å². The molecule has 2 rings (SSSR count). The molecule has 1 fully saturated rings. The summed E-state index contributed by atoms with van der Waals surface area (Å²) >= 11 is 0. The Kier molecular flexibility index (Phi) is 3.88. The minimum atomic E-state index is -0.460. The Morgan fingerprint density at radius 3 is 2.88 bits per heavy atom. The van der Waals surface area contributed by atoms with Gasteiger partial charge in [0.05, 0.1) is 5.60 Å². The average Bonchev–Trinajstić information content (AvgIpc) is 2.41. The van der Waals surface area contributed by atoms with Gasteiger partial charge in [-0.05, 0) is 37.7 Å². The van der Waals surface area contributed by atoms with Crippen molar-refractivity contribution in [1.29, 1.82) is 0 Å². The van der Waals surface area contributed by atoms with E-state index in [9.17, 15) is 5.11 Å². The fourth-order valence-corrected chi connectivity index (χ4v) is 2.94. The fraction of sp³-hybridized carbons (Fsp3) is 0.625. The van der Waals surface area contributed by atoms with E-state index in [2.05, 4.69) is 38.1 Å².